The van der Waals surface area contributed by atoms with E-state index in [1.165, 1.54) is 11.3 Å². The van der Waals surface area contributed by atoms with Crippen molar-refractivity contribution in [2.75, 3.05) is 6.61 Å². The average molecular weight is 262 g/mol. The van der Waals surface area contributed by atoms with Crippen LogP contribution in [-0.2, 0) is 16.0 Å². The van der Waals surface area contributed by atoms with Crippen molar-refractivity contribution >= 4 is 17.3 Å². The van der Waals surface area contributed by atoms with Crippen molar-refractivity contribution in [1.82, 2.24) is 9.97 Å². The van der Waals surface area contributed by atoms with Crippen molar-refractivity contribution < 1.29 is 9.53 Å². The van der Waals surface area contributed by atoms with Gasteiger partial charge in [0, 0.05) is 22.8 Å². The summed E-state index contributed by atoms with van der Waals surface area (Å²) in [6.45, 7) is 4.13. The molecule has 0 amide bonds. The van der Waals surface area contributed by atoms with Crippen LogP contribution in [-0.4, -0.2) is 22.5 Å². The highest BCUT2D eigenvalue weighted by atomic mass is 32.1. The highest BCUT2D eigenvalue weighted by Crippen LogP contribution is 2.27. The molecule has 2 rings (SSSR count). The molecule has 0 bridgehead atoms. The van der Waals surface area contributed by atoms with E-state index < -0.39 is 0 Å². The number of thiazole rings is 1. The fourth-order valence-corrected chi connectivity index (χ4v) is 2.61. The Hall–Kier alpha value is -1.75. The summed E-state index contributed by atoms with van der Waals surface area (Å²) in [5.74, 6) is -0.203. The zero-order valence-corrected chi connectivity index (χ0v) is 11.2. The quantitative estimate of drug-likeness (QED) is 0.795. The number of ether oxygens (including phenoxy) is 1. The van der Waals surface area contributed by atoms with Crippen molar-refractivity contribution in [3.8, 4) is 10.6 Å². The summed E-state index contributed by atoms with van der Waals surface area (Å²) < 4.78 is 4.95. The van der Waals surface area contributed by atoms with Gasteiger partial charge in [-0.2, -0.15) is 0 Å². The maximum atomic E-state index is 11.5. The zero-order chi connectivity index (χ0) is 13.0. The van der Waals surface area contributed by atoms with E-state index in [2.05, 4.69) is 9.97 Å². The number of carbonyl (C=O) groups is 1. The molecule has 2 aromatic heterocycles. The molecule has 0 aliphatic rings. The largest absolute Gasteiger partial charge is 0.466 e. The Bertz CT molecular complexity index is 537. The Balaban J connectivity index is 2.20. The molecule has 0 saturated heterocycles. The van der Waals surface area contributed by atoms with Gasteiger partial charge in [0.05, 0.1) is 18.7 Å². The first kappa shape index (κ1) is 12.7. The van der Waals surface area contributed by atoms with Crippen LogP contribution in [0.1, 0.15) is 17.5 Å². The molecule has 0 aliphatic heterocycles. The monoisotopic (exact) mass is 262 g/mol. The van der Waals surface area contributed by atoms with E-state index in [-0.39, 0.29) is 5.97 Å². The lowest BCUT2D eigenvalue weighted by molar-refractivity contribution is -0.142. The average Bonchev–Trinajstić information content (AvgIpc) is 2.72. The summed E-state index contributed by atoms with van der Waals surface area (Å²) in [6.07, 6.45) is 3.76. The summed E-state index contributed by atoms with van der Waals surface area (Å²) >= 11 is 1.53. The smallest absolute Gasteiger partial charge is 0.311 e. The van der Waals surface area contributed by atoms with Gasteiger partial charge in [0.25, 0.3) is 0 Å². The first-order chi connectivity index (χ1) is 8.70. The molecular formula is C13H14N2O2S. The zero-order valence-electron chi connectivity index (χ0n) is 10.3. The molecule has 5 heteroatoms. The third kappa shape index (κ3) is 2.92. The number of hydrogen-bond acceptors (Lipinski definition) is 5. The van der Waals surface area contributed by atoms with Gasteiger partial charge in [0.1, 0.15) is 5.01 Å². The molecule has 94 valence electrons. The minimum absolute atomic E-state index is 0.203. The van der Waals surface area contributed by atoms with Gasteiger partial charge in [-0.1, -0.05) is 0 Å². The van der Waals surface area contributed by atoms with Crippen LogP contribution in [0.2, 0.25) is 0 Å². The SMILES string of the molecule is CCOC(=O)Cc1sc(-c2ccncc2)nc1C. The predicted octanol–water partition coefficient (Wildman–Crippen LogP) is 2.62. The number of rotatable bonds is 4. The van der Waals surface area contributed by atoms with Gasteiger partial charge in [-0.3, -0.25) is 9.78 Å². The third-order valence-corrected chi connectivity index (χ3v) is 3.64. The van der Waals surface area contributed by atoms with E-state index in [9.17, 15) is 4.79 Å². The van der Waals surface area contributed by atoms with Crippen LogP contribution in [0.15, 0.2) is 24.5 Å². The third-order valence-electron chi connectivity index (χ3n) is 2.43. The van der Waals surface area contributed by atoms with E-state index >= 15 is 0 Å². The van der Waals surface area contributed by atoms with Crippen LogP contribution in [0.5, 0.6) is 0 Å². The molecule has 0 saturated carbocycles. The molecule has 0 unspecified atom stereocenters. The summed E-state index contributed by atoms with van der Waals surface area (Å²) in [5, 5.41) is 0.911. The molecule has 2 heterocycles. The number of carbonyl (C=O) groups excluding carboxylic acids is 1. The fraction of sp³-hybridized carbons (Fsp3) is 0.308. The Kier molecular flexibility index (Phi) is 4.04. The maximum absolute atomic E-state index is 11.5. The topological polar surface area (TPSA) is 52.1 Å². The molecule has 4 nitrogen and oxygen atoms in total. The van der Waals surface area contributed by atoms with Crippen LogP contribution in [0.3, 0.4) is 0 Å². The molecule has 0 aliphatic carbocycles. The number of esters is 1. The minimum Gasteiger partial charge on any atom is -0.466 e. The van der Waals surface area contributed by atoms with E-state index in [1.807, 2.05) is 19.1 Å². The highest BCUT2D eigenvalue weighted by Gasteiger charge is 2.13. The van der Waals surface area contributed by atoms with Gasteiger partial charge >= 0.3 is 5.97 Å². The first-order valence-corrected chi connectivity index (χ1v) is 6.54. The van der Waals surface area contributed by atoms with E-state index in [4.69, 9.17) is 4.74 Å². The van der Waals surface area contributed by atoms with Crippen molar-refractivity contribution in [1.29, 1.82) is 0 Å². The van der Waals surface area contributed by atoms with Gasteiger partial charge in [-0.25, -0.2) is 4.98 Å². The summed E-state index contributed by atoms with van der Waals surface area (Å²) in [7, 11) is 0. The van der Waals surface area contributed by atoms with Crippen molar-refractivity contribution in [2.24, 2.45) is 0 Å². The van der Waals surface area contributed by atoms with Gasteiger partial charge in [0.2, 0.25) is 0 Å². The van der Waals surface area contributed by atoms with Crippen LogP contribution in [0, 0.1) is 6.92 Å². The van der Waals surface area contributed by atoms with E-state index in [0.717, 1.165) is 21.1 Å². The second kappa shape index (κ2) is 5.73. The molecule has 0 fully saturated rings. The molecule has 0 N–H and O–H groups in total. The normalized spacial score (nSPS) is 10.3. The number of aryl methyl sites for hydroxylation is 1. The lowest BCUT2D eigenvalue weighted by atomic mass is 10.3. The number of nitrogens with zero attached hydrogens (tertiary/aromatic N) is 2. The highest BCUT2D eigenvalue weighted by molar-refractivity contribution is 7.15. The molecule has 0 atom stereocenters. The summed E-state index contributed by atoms with van der Waals surface area (Å²) in [6, 6.07) is 3.82. The van der Waals surface area contributed by atoms with Crippen LogP contribution < -0.4 is 0 Å². The maximum Gasteiger partial charge on any atom is 0.311 e. The van der Waals surface area contributed by atoms with E-state index in [1.54, 1.807) is 19.3 Å². The fourth-order valence-electron chi connectivity index (χ4n) is 1.55. The number of pyridine rings is 1. The van der Waals surface area contributed by atoms with Crippen molar-refractivity contribution in [3.05, 3.63) is 35.1 Å². The van der Waals surface area contributed by atoms with Gasteiger partial charge in [0.15, 0.2) is 0 Å². The molecule has 0 spiro atoms. The molecule has 18 heavy (non-hydrogen) atoms. The van der Waals surface area contributed by atoms with Gasteiger partial charge in [-0.05, 0) is 26.0 Å². The molecular weight excluding hydrogens is 248 g/mol. The van der Waals surface area contributed by atoms with E-state index in [0.29, 0.717) is 13.0 Å². The van der Waals surface area contributed by atoms with Crippen LogP contribution in [0.4, 0.5) is 0 Å². The number of aromatic nitrogens is 2. The van der Waals surface area contributed by atoms with Gasteiger partial charge < -0.3 is 4.74 Å². The Labute approximate surface area is 110 Å². The van der Waals surface area contributed by atoms with Crippen molar-refractivity contribution in [3.63, 3.8) is 0 Å². The molecule has 0 radical (unpaired) electrons. The van der Waals surface area contributed by atoms with Gasteiger partial charge in [-0.15, -0.1) is 11.3 Å². The summed E-state index contributed by atoms with van der Waals surface area (Å²) in [5.41, 5.74) is 1.91. The van der Waals surface area contributed by atoms with Crippen molar-refractivity contribution in [2.45, 2.75) is 20.3 Å². The number of hydrogen-bond donors (Lipinski definition) is 0. The minimum atomic E-state index is -0.203. The summed E-state index contributed by atoms with van der Waals surface area (Å²) in [4.78, 5) is 20.9. The molecule has 2 aromatic rings. The lowest BCUT2D eigenvalue weighted by Crippen LogP contribution is -2.07. The molecule has 0 aromatic carbocycles. The second-order valence-electron chi connectivity index (χ2n) is 3.75. The Morgan fingerprint density at radius 3 is 2.78 bits per heavy atom. The van der Waals surface area contributed by atoms with Crippen LogP contribution >= 0.6 is 11.3 Å². The Morgan fingerprint density at radius 2 is 2.11 bits per heavy atom. The lowest BCUT2D eigenvalue weighted by Gasteiger charge is -1.99. The second-order valence-corrected chi connectivity index (χ2v) is 4.83. The van der Waals surface area contributed by atoms with Crippen LogP contribution in [0.25, 0.3) is 10.6 Å². The predicted molar refractivity (Wildman–Crippen MR) is 70.4 cm³/mol. The Morgan fingerprint density at radius 1 is 1.39 bits per heavy atom. The standard InChI is InChI=1S/C13H14N2O2S/c1-3-17-12(16)8-11-9(2)15-13(18-11)10-4-6-14-7-5-10/h4-7H,3,8H2,1-2H3. The first-order valence-electron chi connectivity index (χ1n) is 5.73.